The predicted molar refractivity (Wildman–Crippen MR) is 67.7 cm³/mol. The van der Waals surface area contributed by atoms with E-state index in [9.17, 15) is 13.2 Å². The maximum absolute atomic E-state index is 13.0. The van der Waals surface area contributed by atoms with E-state index < -0.39 is 11.7 Å². The summed E-state index contributed by atoms with van der Waals surface area (Å²) in [4.78, 5) is 9.74. The molecule has 2 heterocycles. The summed E-state index contributed by atoms with van der Waals surface area (Å²) in [7, 11) is 0. The lowest BCUT2D eigenvalue weighted by Crippen LogP contribution is -2.05. The molecule has 0 unspecified atom stereocenters. The third-order valence-corrected chi connectivity index (χ3v) is 3.42. The molecule has 0 amide bonds. The van der Waals surface area contributed by atoms with Gasteiger partial charge in [-0.2, -0.15) is 18.1 Å². The second-order valence-corrected chi connectivity index (χ2v) is 4.82. The Labute approximate surface area is 121 Å². The van der Waals surface area contributed by atoms with Crippen LogP contribution in [0.4, 0.5) is 13.2 Å². The Bertz CT molecular complexity index is 873. The highest BCUT2D eigenvalue weighted by atomic mass is 19.4. The lowest BCUT2D eigenvalue weighted by atomic mass is 9.99. The Morgan fingerprint density at radius 2 is 1.91 bits per heavy atom. The molecule has 0 atom stereocenters. The van der Waals surface area contributed by atoms with Crippen molar-refractivity contribution < 1.29 is 27.6 Å². The third-order valence-electron chi connectivity index (χ3n) is 3.42. The number of halogens is 3. The zero-order valence-corrected chi connectivity index (χ0v) is 10.8. The molecule has 5 nitrogen and oxygen atoms in total. The van der Waals surface area contributed by atoms with Gasteiger partial charge in [0, 0.05) is 11.1 Å². The molecule has 0 bridgehead atoms. The van der Waals surface area contributed by atoms with E-state index in [-0.39, 0.29) is 17.6 Å². The topological polar surface area (TPSA) is 57.4 Å². The van der Waals surface area contributed by atoms with Crippen molar-refractivity contribution in [1.82, 2.24) is 10.3 Å². The highest BCUT2D eigenvalue weighted by Crippen LogP contribution is 2.38. The Hall–Kier alpha value is -2.61. The number of alkyl halides is 3. The van der Waals surface area contributed by atoms with E-state index >= 15 is 0 Å². The SMILES string of the molecule is FC(F)(F)c1cc(-c2ccc3c(c2)COO3)c2nonc2c1. The van der Waals surface area contributed by atoms with Gasteiger partial charge in [-0.15, -0.1) is 0 Å². The molecule has 0 spiro atoms. The summed E-state index contributed by atoms with van der Waals surface area (Å²) in [5.74, 6) is 0.547. The van der Waals surface area contributed by atoms with Crippen molar-refractivity contribution in [3.63, 3.8) is 0 Å². The summed E-state index contributed by atoms with van der Waals surface area (Å²) in [6.45, 7) is 0.238. The molecule has 0 radical (unpaired) electrons. The Kier molecular flexibility index (Phi) is 2.64. The van der Waals surface area contributed by atoms with Gasteiger partial charge in [-0.05, 0) is 40.1 Å². The first-order valence-corrected chi connectivity index (χ1v) is 6.29. The summed E-state index contributed by atoms with van der Waals surface area (Å²) >= 11 is 0. The maximum atomic E-state index is 13.0. The van der Waals surface area contributed by atoms with Crippen LogP contribution in [0, 0.1) is 0 Å². The number of fused-ring (bicyclic) bond motifs is 2. The first kappa shape index (κ1) is 13.1. The fourth-order valence-electron chi connectivity index (χ4n) is 2.37. The van der Waals surface area contributed by atoms with Crippen LogP contribution in [0.25, 0.3) is 22.2 Å². The van der Waals surface area contributed by atoms with E-state index in [1.54, 1.807) is 18.2 Å². The van der Waals surface area contributed by atoms with Gasteiger partial charge in [0.05, 0.1) is 5.56 Å². The monoisotopic (exact) mass is 308 g/mol. The van der Waals surface area contributed by atoms with Crippen LogP contribution < -0.4 is 4.89 Å². The lowest BCUT2D eigenvalue weighted by Gasteiger charge is -2.09. The van der Waals surface area contributed by atoms with E-state index in [4.69, 9.17) is 9.78 Å². The molecule has 0 saturated carbocycles. The smallest absolute Gasteiger partial charge is 0.337 e. The zero-order valence-electron chi connectivity index (χ0n) is 10.8. The molecule has 8 heteroatoms. The zero-order chi connectivity index (χ0) is 15.3. The molecule has 0 aliphatic carbocycles. The number of hydrogen-bond acceptors (Lipinski definition) is 5. The van der Waals surface area contributed by atoms with Gasteiger partial charge in [0.15, 0.2) is 5.75 Å². The minimum absolute atomic E-state index is 0.0535. The highest BCUT2D eigenvalue weighted by Gasteiger charge is 2.32. The van der Waals surface area contributed by atoms with Crippen molar-refractivity contribution in [1.29, 1.82) is 0 Å². The second kappa shape index (κ2) is 4.44. The van der Waals surface area contributed by atoms with Crippen LogP contribution in [0.2, 0.25) is 0 Å². The predicted octanol–water partition coefficient (Wildman–Crippen LogP) is 3.73. The Morgan fingerprint density at radius 3 is 2.73 bits per heavy atom. The van der Waals surface area contributed by atoms with Crippen LogP contribution >= 0.6 is 0 Å². The van der Waals surface area contributed by atoms with Gasteiger partial charge in [0.1, 0.15) is 17.6 Å². The fraction of sp³-hybridized carbons (Fsp3) is 0.143. The number of hydrogen-bond donors (Lipinski definition) is 0. The number of rotatable bonds is 1. The Balaban J connectivity index is 1.95. The summed E-state index contributed by atoms with van der Waals surface area (Å²) in [5, 5.41) is 7.21. The van der Waals surface area contributed by atoms with Crippen LogP contribution in [-0.4, -0.2) is 10.3 Å². The third kappa shape index (κ3) is 2.00. The van der Waals surface area contributed by atoms with Crippen LogP contribution in [0.15, 0.2) is 35.0 Å². The number of benzene rings is 2. The van der Waals surface area contributed by atoms with Crippen molar-refractivity contribution in [3.05, 3.63) is 41.5 Å². The van der Waals surface area contributed by atoms with Gasteiger partial charge in [-0.25, -0.2) is 4.63 Å². The van der Waals surface area contributed by atoms with Gasteiger partial charge in [0.2, 0.25) is 0 Å². The van der Waals surface area contributed by atoms with E-state index in [0.29, 0.717) is 16.9 Å². The molecule has 112 valence electrons. The van der Waals surface area contributed by atoms with Crippen molar-refractivity contribution >= 4 is 11.0 Å². The first-order valence-electron chi connectivity index (χ1n) is 6.29. The van der Waals surface area contributed by atoms with Crippen molar-refractivity contribution in [2.75, 3.05) is 0 Å². The van der Waals surface area contributed by atoms with Crippen LogP contribution in [0.5, 0.6) is 5.75 Å². The van der Waals surface area contributed by atoms with Gasteiger partial charge in [-0.1, -0.05) is 6.07 Å². The summed E-state index contributed by atoms with van der Waals surface area (Å²) in [5.41, 5.74) is 1.12. The van der Waals surface area contributed by atoms with E-state index in [1.807, 2.05) is 0 Å². The summed E-state index contributed by atoms with van der Waals surface area (Å²) in [6, 6.07) is 6.92. The van der Waals surface area contributed by atoms with Gasteiger partial charge >= 0.3 is 6.18 Å². The molecule has 3 aromatic rings. The van der Waals surface area contributed by atoms with Crippen molar-refractivity contribution in [3.8, 4) is 16.9 Å². The van der Waals surface area contributed by atoms with E-state index in [2.05, 4.69) is 14.9 Å². The summed E-state index contributed by atoms with van der Waals surface area (Å²) < 4.78 is 43.6. The molecular formula is C14H7F3N2O3. The number of nitrogens with zero attached hydrogens (tertiary/aromatic N) is 2. The molecule has 0 fully saturated rings. The molecule has 0 N–H and O–H groups in total. The van der Waals surface area contributed by atoms with Gasteiger partial charge in [-0.3, -0.25) is 0 Å². The van der Waals surface area contributed by atoms with E-state index in [0.717, 1.165) is 17.7 Å². The molecule has 4 rings (SSSR count). The highest BCUT2D eigenvalue weighted by molar-refractivity contribution is 5.92. The van der Waals surface area contributed by atoms with Crippen LogP contribution in [0.1, 0.15) is 11.1 Å². The normalized spacial score (nSPS) is 14.1. The Morgan fingerprint density at radius 1 is 1.05 bits per heavy atom. The van der Waals surface area contributed by atoms with Crippen LogP contribution in [-0.2, 0) is 17.7 Å². The molecule has 0 saturated heterocycles. The van der Waals surface area contributed by atoms with E-state index in [1.165, 1.54) is 0 Å². The average Bonchev–Trinajstić information content (AvgIpc) is 3.13. The molecule has 1 aliphatic heterocycles. The lowest BCUT2D eigenvalue weighted by molar-refractivity contribution is -0.194. The minimum Gasteiger partial charge on any atom is -0.337 e. The molecule has 2 aromatic carbocycles. The van der Waals surface area contributed by atoms with Gasteiger partial charge in [0.25, 0.3) is 0 Å². The molecular weight excluding hydrogens is 301 g/mol. The maximum Gasteiger partial charge on any atom is 0.416 e. The fourth-order valence-corrected chi connectivity index (χ4v) is 2.37. The second-order valence-electron chi connectivity index (χ2n) is 4.82. The quantitative estimate of drug-likeness (QED) is 0.641. The standard InChI is InChI=1S/C14H7F3N2O3/c15-14(16,17)9-4-10(13-11(5-9)18-22-19-13)7-1-2-12-8(3-7)6-20-21-12/h1-5H,6H2. The van der Waals surface area contributed by atoms with Gasteiger partial charge < -0.3 is 4.89 Å². The summed E-state index contributed by atoms with van der Waals surface area (Å²) in [6.07, 6.45) is -4.48. The van der Waals surface area contributed by atoms with Crippen molar-refractivity contribution in [2.45, 2.75) is 12.8 Å². The molecule has 22 heavy (non-hydrogen) atoms. The van der Waals surface area contributed by atoms with Crippen LogP contribution in [0.3, 0.4) is 0 Å². The number of aromatic nitrogens is 2. The minimum atomic E-state index is -4.48. The largest absolute Gasteiger partial charge is 0.416 e. The molecule has 1 aromatic heterocycles. The molecule has 1 aliphatic rings. The average molecular weight is 308 g/mol. The first-order chi connectivity index (χ1) is 10.5. The van der Waals surface area contributed by atoms with Crippen molar-refractivity contribution in [2.24, 2.45) is 0 Å².